The average Bonchev–Trinajstić information content (AvgIpc) is 2.36. The third kappa shape index (κ3) is 0.892. The molecule has 0 nitrogen and oxygen atoms in total. The SMILES string of the molecule is c1cc2ccc3cccc4[14cH]cc(c1)c2c34. The van der Waals surface area contributed by atoms with E-state index >= 15 is 0 Å². The summed E-state index contributed by atoms with van der Waals surface area (Å²) in [4.78, 5) is 0. The van der Waals surface area contributed by atoms with Gasteiger partial charge in [-0.05, 0) is 32.3 Å². The molecule has 0 heterocycles. The van der Waals surface area contributed by atoms with Gasteiger partial charge in [0, 0.05) is 0 Å². The molecule has 0 saturated heterocycles. The molecule has 0 N–H and O–H groups in total. The first-order valence-corrected chi connectivity index (χ1v) is 5.56. The van der Waals surface area contributed by atoms with Gasteiger partial charge in [0.1, 0.15) is 0 Å². The van der Waals surface area contributed by atoms with Gasteiger partial charge in [0.2, 0.25) is 0 Å². The van der Waals surface area contributed by atoms with Crippen LogP contribution in [0.25, 0.3) is 32.3 Å². The number of benzene rings is 4. The van der Waals surface area contributed by atoms with Gasteiger partial charge in [0.25, 0.3) is 0 Å². The Hall–Kier alpha value is -2.08. The molecule has 0 spiro atoms. The van der Waals surface area contributed by atoms with Gasteiger partial charge in [-0.25, -0.2) is 0 Å². The Balaban J connectivity index is 2.51. The quantitative estimate of drug-likeness (QED) is 0.368. The van der Waals surface area contributed by atoms with Crippen LogP contribution < -0.4 is 0 Å². The highest BCUT2D eigenvalue weighted by atomic mass is 14.6. The lowest BCUT2D eigenvalue weighted by atomic mass is 9.98. The lowest BCUT2D eigenvalue weighted by Gasteiger charge is -2.09. The normalized spacial score (nSPS) is 11.8. The van der Waals surface area contributed by atoms with E-state index in [0.717, 1.165) is 0 Å². The summed E-state index contributed by atoms with van der Waals surface area (Å²) >= 11 is 0. The van der Waals surface area contributed by atoms with Crippen molar-refractivity contribution in [2.75, 3.05) is 0 Å². The Bertz CT molecular complexity index is 667. The summed E-state index contributed by atoms with van der Waals surface area (Å²) in [6.45, 7) is 0. The van der Waals surface area contributed by atoms with Crippen molar-refractivity contribution in [2.45, 2.75) is 0 Å². The van der Waals surface area contributed by atoms with Gasteiger partial charge in [-0.2, -0.15) is 0 Å². The Morgan fingerprint density at radius 3 is 2.19 bits per heavy atom. The fourth-order valence-corrected chi connectivity index (χ4v) is 2.67. The molecule has 0 unspecified atom stereocenters. The van der Waals surface area contributed by atoms with Crippen molar-refractivity contribution in [3.05, 3.63) is 60.7 Å². The van der Waals surface area contributed by atoms with E-state index in [0.29, 0.717) is 0 Å². The van der Waals surface area contributed by atoms with Crippen LogP contribution in [0, 0.1) is 0 Å². The van der Waals surface area contributed by atoms with Gasteiger partial charge >= 0.3 is 0 Å². The fourth-order valence-electron chi connectivity index (χ4n) is 2.67. The van der Waals surface area contributed by atoms with E-state index in [9.17, 15) is 0 Å². The number of rotatable bonds is 0. The molecule has 4 aromatic carbocycles. The van der Waals surface area contributed by atoms with E-state index in [1.54, 1.807) is 0 Å². The summed E-state index contributed by atoms with van der Waals surface area (Å²) < 4.78 is 0. The molecule has 4 rings (SSSR count). The van der Waals surface area contributed by atoms with E-state index in [2.05, 4.69) is 60.7 Å². The Labute approximate surface area is 93.5 Å². The van der Waals surface area contributed by atoms with Crippen LogP contribution in [0.15, 0.2) is 60.7 Å². The summed E-state index contributed by atoms with van der Waals surface area (Å²) in [7, 11) is 0. The van der Waals surface area contributed by atoms with E-state index < -0.39 is 0 Å². The molecular formula is C16H10. The first kappa shape index (κ1) is 8.12. The van der Waals surface area contributed by atoms with Gasteiger partial charge < -0.3 is 0 Å². The molecule has 0 aromatic heterocycles. The smallest absolute Gasteiger partial charge is 0.00268 e. The molecule has 0 saturated carbocycles. The Morgan fingerprint density at radius 2 is 1.31 bits per heavy atom. The maximum atomic E-state index is 2.21. The van der Waals surface area contributed by atoms with Crippen molar-refractivity contribution in [3.63, 3.8) is 0 Å². The molecule has 0 aliphatic heterocycles. The zero-order valence-electron chi connectivity index (χ0n) is 8.77. The minimum absolute atomic E-state index is 1.34. The topological polar surface area (TPSA) is 0 Å². The van der Waals surface area contributed by atoms with Crippen molar-refractivity contribution in [1.29, 1.82) is 0 Å². The van der Waals surface area contributed by atoms with Gasteiger partial charge in [-0.15, -0.1) is 0 Å². The lowest BCUT2D eigenvalue weighted by molar-refractivity contribution is 1.78. The van der Waals surface area contributed by atoms with Crippen molar-refractivity contribution in [2.24, 2.45) is 0 Å². The Kier molecular flexibility index (Phi) is 1.39. The molecule has 4 aromatic rings. The minimum atomic E-state index is 1.34. The molecule has 0 amide bonds. The maximum absolute atomic E-state index is 2.21. The summed E-state index contributed by atoms with van der Waals surface area (Å²) in [6, 6.07) is 21.9. The van der Waals surface area contributed by atoms with Crippen LogP contribution >= 0.6 is 0 Å². The van der Waals surface area contributed by atoms with Gasteiger partial charge in [0.15, 0.2) is 0 Å². The van der Waals surface area contributed by atoms with Gasteiger partial charge in [-0.1, -0.05) is 60.7 Å². The van der Waals surface area contributed by atoms with Crippen LogP contribution in [0.5, 0.6) is 0 Å². The second-order valence-corrected chi connectivity index (χ2v) is 4.29. The van der Waals surface area contributed by atoms with E-state index in [-0.39, 0.29) is 0 Å². The van der Waals surface area contributed by atoms with E-state index in [1.807, 2.05) is 0 Å². The van der Waals surface area contributed by atoms with E-state index in [4.69, 9.17) is 0 Å². The van der Waals surface area contributed by atoms with Crippen LogP contribution in [0.2, 0.25) is 0 Å². The van der Waals surface area contributed by atoms with Crippen molar-refractivity contribution >= 4 is 32.3 Å². The third-order valence-electron chi connectivity index (χ3n) is 3.39. The molecule has 0 fully saturated rings. The van der Waals surface area contributed by atoms with Crippen LogP contribution in [-0.4, -0.2) is 0 Å². The van der Waals surface area contributed by atoms with E-state index in [1.165, 1.54) is 32.3 Å². The predicted octanol–water partition coefficient (Wildman–Crippen LogP) is 4.58. The second-order valence-electron chi connectivity index (χ2n) is 4.29. The lowest BCUT2D eigenvalue weighted by Crippen LogP contribution is -1.82. The zero-order chi connectivity index (χ0) is 10.5. The molecular weight excluding hydrogens is 194 g/mol. The fraction of sp³-hybridized carbons (Fsp3) is 0. The largest absolute Gasteiger partial charge is 0.0610 e. The highest BCUT2D eigenvalue weighted by molar-refractivity contribution is 6.22. The molecule has 0 radical (unpaired) electrons. The molecule has 74 valence electrons. The first-order valence-electron chi connectivity index (χ1n) is 5.56. The molecule has 0 heteroatoms. The highest BCUT2D eigenvalue weighted by Crippen LogP contribution is 2.33. The third-order valence-corrected chi connectivity index (χ3v) is 3.39. The summed E-state index contributed by atoms with van der Waals surface area (Å²) in [6.07, 6.45) is 0. The van der Waals surface area contributed by atoms with Crippen LogP contribution in [0.4, 0.5) is 0 Å². The second kappa shape index (κ2) is 2.73. The summed E-state index contributed by atoms with van der Waals surface area (Å²) in [5.41, 5.74) is 0. The van der Waals surface area contributed by atoms with Crippen LogP contribution in [-0.2, 0) is 0 Å². The molecule has 16 heavy (non-hydrogen) atoms. The standard InChI is InChI=1S/C16H10/c1-3-11-7-9-13-5-2-6-14-10-8-12(4-1)15(11)16(13)14/h1-10H/i7+2. The molecule has 0 aliphatic carbocycles. The van der Waals surface area contributed by atoms with Crippen molar-refractivity contribution in [1.82, 2.24) is 0 Å². The zero-order valence-corrected chi connectivity index (χ0v) is 8.77. The predicted molar refractivity (Wildman–Crippen MR) is 70.1 cm³/mol. The van der Waals surface area contributed by atoms with Crippen molar-refractivity contribution in [3.8, 4) is 0 Å². The first-order chi connectivity index (χ1) is 7.93. The monoisotopic (exact) mass is 204 g/mol. The molecule has 0 aliphatic rings. The molecule has 0 bridgehead atoms. The Morgan fingerprint density at radius 1 is 0.625 bits per heavy atom. The van der Waals surface area contributed by atoms with Crippen LogP contribution in [0.1, 0.15) is 0 Å². The number of hydrogen-bond donors (Lipinski definition) is 0. The highest BCUT2D eigenvalue weighted by Gasteiger charge is 2.05. The van der Waals surface area contributed by atoms with Crippen molar-refractivity contribution < 1.29 is 0 Å². The summed E-state index contributed by atoms with van der Waals surface area (Å²) in [5, 5.41) is 8.14. The number of hydrogen-bond acceptors (Lipinski definition) is 0. The minimum Gasteiger partial charge on any atom is -0.0610 e. The maximum Gasteiger partial charge on any atom is -0.00268 e. The van der Waals surface area contributed by atoms with Gasteiger partial charge in [0.05, 0.1) is 0 Å². The molecule has 0 atom stereocenters. The van der Waals surface area contributed by atoms with Crippen LogP contribution in [0.3, 0.4) is 0 Å². The summed E-state index contributed by atoms with van der Waals surface area (Å²) in [5.74, 6) is 0. The average molecular weight is 204 g/mol. The van der Waals surface area contributed by atoms with Gasteiger partial charge in [-0.3, -0.25) is 0 Å².